The molecule has 0 fully saturated rings. The van der Waals surface area contributed by atoms with Gasteiger partial charge in [0, 0.05) is 15.8 Å². The Labute approximate surface area is 136 Å². The minimum atomic E-state index is -2.16. The van der Waals surface area contributed by atoms with Crippen molar-refractivity contribution in [2.24, 2.45) is 0 Å². The average Bonchev–Trinajstić information content (AvgIpc) is 2.43. The molecule has 2 amide bonds. The first kappa shape index (κ1) is 16.4. The predicted octanol–water partition coefficient (Wildman–Crippen LogP) is 3.78. The molecule has 0 heterocycles. The van der Waals surface area contributed by atoms with E-state index in [4.69, 9.17) is 4.55 Å². The first-order valence-electron chi connectivity index (χ1n) is 5.94. The first-order chi connectivity index (χ1) is 10.4. The summed E-state index contributed by atoms with van der Waals surface area (Å²) in [5, 5.41) is 4.90. The molecule has 2 aromatic rings. The van der Waals surface area contributed by atoms with Gasteiger partial charge in [0.05, 0.1) is 5.69 Å². The lowest BCUT2D eigenvalue weighted by Gasteiger charge is -2.09. The Hall–Kier alpha value is -1.97. The number of halogens is 2. The molecule has 116 valence electrons. The van der Waals surface area contributed by atoms with Gasteiger partial charge in [-0.2, -0.15) is 0 Å². The Kier molecular flexibility index (Phi) is 5.47. The second-order valence-corrected chi connectivity index (χ2v) is 5.75. The van der Waals surface area contributed by atoms with Crippen molar-refractivity contribution < 1.29 is 17.9 Å². The summed E-state index contributed by atoms with van der Waals surface area (Å²) in [6.07, 6.45) is 0. The Morgan fingerprint density at radius 2 is 1.73 bits per heavy atom. The second kappa shape index (κ2) is 7.34. The largest absolute Gasteiger partial charge is 0.323 e. The molecule has 4 N–H and O–H groups in total. The number of carbonyl (C=O) groups is 1. The van der Waals surface area contributed by atoms with E-state index in [1.807, 2.05) is 0 Å². The van der Waals surface area contributed by atoms with Gasteiger partial charge in [-0.3, -0.25) is 9.27 Å². The third-order valence-corrected chi connectivity index (χ3v) is 3.43. The summed E-state index contributed by atoms with van der Waals surface area (Å²) >= 11 is 0.966. The molecule has 9 heteroatoms. The summed E-state index contributed by atoms with van der Waals surface area (Å²) in [4.78, 5) is 11.8. The van der Waals surface area contributed by atoms with Gasteiger partial charge in [-0.25, -0.2) is 13.4 Å². The van der Waals surface area contributed by atoms with Crippen LogP contribution in [0.25, 0.3) is 0 Å². The molecule has 0 aliphatic rings. The molecule has 0 radical (unpaired) electrons. The molecule has 0 saturated heterocycles. The number of carbonyl (C=O) groups excluding carboxylic acids is 1. The Morgan fingerprint density at radius 3 is 2.32 bits per heavy atom. The van der Waals surface area contributed by atoms with Gasteiger partial charge in [0.25, 0.3) is 11.3 Å². The van der Waals surface area contributed by atoms with E-state index >= 15 is 0 Å². The summed E-state index contributed by atoms with van der Waals surface area (Å²) in [5.41, 5.74) is 0.921. The number of rotatable bonds is 4. The SMILES string of the molecule is O=C(Nc1ccc(NS(=O)O)cc1)Nc1ccc(Br)cc1F. The highest BCUT2D eigenvalue weighted by atomic mass is 79.9. The van der Waals surface area contributed by atoms with Crippen molar-refractivity contribution in [3.63, 3.8) is 0 Å². The summed E-state index contributed by atoms with van der Waals surface area (Å²) < 4.78 is 35.7. The fourth-order valence-electron chi connectivity index (χ4n) is 1.60. The zero-order chi connectivity index (χ0) is 16.1. The van der Waals surface area contributed by atoms with Crippen LogP contribution in [0.2, 0.25) is 0 Å². The predicted molar refractivity (Wildman–Crippen MR) is 87.6 cm³/mol. The topological polar surface area (TPSA) is 90.5 Å². The molecule has 0 saturated carbocycles. The highest BCUT2D eigenvalue weighted by Gasteiger charge is 2.07. The monoisotopic (exact) mass is 387 g/mol. The van der Waals surface area contributed by atoms with Gasteiger partial charge in [0.15, 0.2) is 0 Å². The van der Waals surface area contributed by atoms with Gasteiger partial charge in [-0.1, -0.05) is 15.9 Å². The molecule has 2 rings (SSSR count). The van der Waals surface area contributed by atoms with Gasteiger partial charge >= 0.3 is 6.03 Å². The molecule has 0 aliphatic heterocycles. The lowest BCUT2D eigenvalue weighted by molar-refractivity contribution is 0.262. The van der Waals surface area contributed by atoms with Crippen molar-refractivity contribution >= 4 is 50.3 Å². The van der Waals surface area contributed by atoms with Crippen LogP contribution in [0.3, 0.4) is 0 Å². The molecule has 0 spiro atoms. The van der Waals surface area contributed by atoms with E-state index < -0.39 is 23.1 Å². The molecular formula is C13H11BrFN3O3S. The van der Waals surface area contributed by atoms with Crippen LogP contribution in [0.5, 0.6) is 0 Å². The zero-order valence-corrected chi connectivity index (χ0v) is 13.4. The van der Waals surface area contributed by atoms with E-state index in [1.54, 1.807) is 6.07 Å². The van der Waals surface area contributed by atoms with Crippen LogP contribution >= 0.6 is 15.9 Å². The maximum Gasteiger partial charge on any atom is 0.323 e. The Bertz CT molecular complexity index is 712. The van der Waals surface area contributed by atoms with Crippen molar-refractivity contribution in [2.75, 3.05) is 15.4 Å². The number of hydrogen-bond acceptors (Lipinski definition) is 2. The summed E-state index contributed by atoms with van der Waals surface area (Å²) in [7, 11) is 0. The first-order valence-corrected chi connectivity index (χ1v) is 7.84. The maximum atomic E-state index is 13.6. The number of anilines is 3. The molecule has 22 heavy (non-hydrogen) atoms. The summed E-state index contributed by atoms with van der Waals surface area (Å²) in [5.74, 6) is -0.561. The van der Waals surface area contributed by atoms with E-state index in [0.29, 0.717) is 15.8 Å². The van der Waals surface area contributed by atoms with Crippen molar-refractivity contribution in [2.45, 2.75) is 0 Å². The number of nitrogens with one attached hydrogen (secondary N) is 3. The van der Waals surface area contributed by atoms with Gasteiger partial charge in [0.1, 0.15) is 5.82 Å². The molecule has 0 aliphatic carbocycles. The van der Waals surface area contributed by atoms with Crippen LogP contribution in [0.4, 0.5) is 26.2 Å². The van der Waals surface area contributed by atoms with Crippen molar-refractivity contribution in [3.8, 4) is 0 Å². The van der Waals surface area contributed by atoms with Gasteiger partial charge in [0.2, 0.25) is 0 Å². The minimum absolute atomic E-state index is 0.0506. The third kappa shape index (κ3) is 4.79. The van der Waals surface area contributed by atoms with Crippen LogP contribution in [0.1, 0.15) is 0 Å². The maximum absolute atomic E-state index is 13.6. The number of hydrogen-bond donors (Lipinski definition) is 4. The van der Waals surface area contributed by atoms with E-state index in [0.717, 1.165) is 0 Å². The second-order valence-electron chi connectivity index (χ2n) is 4.13. The molecule has 1 unspecified atom stereocenters. The molecule has 0 bridgehead atoms. The van der Waals surface area contributed by atoms with E-state index in [2.05, 4.69) is 31.3 Å². The standard InChI is InChI=1S/C13H11BrFN3O3S/c14-8-1-6-12(11(15)7-8)17-13(19)16-9-2-4-10(5-3-9)18-22(20)21/h1-7,18H,(H,20,21)(H2,16,17,19). The van der Waals surface area contributed by atoms with Crippen LogP contribution < -0.4 is 15.4 Å². The smallest absolute Gasteiger partial charge is 0.308 e. The fourth-order valence-corrected chi connectivity index (χ4v) is 2.27. The van der Waals surface area contributed by atoms with Crippen molar-refractivity contribution in [1.29, 1.82) is 0 Å². The van der Waals surface area contributed by atoms with Crippen molar-refractivity contribution in [3.05, 3.63) is 52.8 Å². The van der Waals surface area contributed by atoms with Crippen LogP contribution in [0.15, 0.2) is 46.9 Å². The van der Waals surface area contributed by atoms with Gasteiger partial charge < -0.3 is 10.6 Å². The highest BCUT2D eigenvalue weighted by molar-refractivity contribution is 9.10. The molecule has 0 aromatic heterocycles. The van der Waals surface area contributed by atoms with Gasteiger partial charge in [-0.05, 0) is 42.5 Å². The van der Waals surface area contributed by atoms with Gasteiger partial charge in [-0.15, -0.1) is 0 Å². The van der Waals surface area contributed by atoms with Crippen LogP contribution in [0, 0.1) is 5.82 Å². The fraction of sp³-hybridized carbons (Fsp3) is 0. The Balaban J connectivity index is 1.98. The van der Waals surface area contributed by atoms with Crippen LogP contribution in [-0.2, 0) is 11.3 Å². The number of amides is 2. The Morgan fingerprint density at radius 1 is 1.09 bits per heavy atom. The van der Waals surface area contributed by atoms with Crippen LogP contribution in [-0.4, -0.2) is 14.8 Å². The molecule has 1 atom stereocenters. The molecule has 2 aromatic carbocycles. The highest BCUT2D eigenvalue weighted by Crippen LogP contribution is 2.20. The summed E-state index contributed by atoms with van der Waals surface area (Å²) in [6.45, 7) is 0. The zero-order valence-electron chi connectivity index (χ0n) is 11.0. The number of benzene rings is 2. The normalized spacial score (nSPS) is 11.6. The van der Waals surface area contributed by atoms with E-state index in [-0.39, 0.29) is 5.69 Å². The molecule has 6 nitrogen and oxygen atoms in total. The lowest BCUT2D eigenvalue weighted by Crippen LogP contribution is -2.20. The number of urea groups is 1. The van der Waals surface area contributed by atoms with E-state index in [9.17, 15) is 13.4 Å². The summed E-state index contributed by atoms with van der Waals surface area (Å²) in [6, 6.07) is 9.78. The minimum Gasteiger partial charge on any atom is -0.308 e. The van der Waals surface area contributed by atoms with Crippen molar-refractivity contribution in [1.82, 2.24) is 0 Å². The molecular weight excluding hydrogens is 377 g/mol. The average molecular weight is 388 g/mol. The van der Waals surface area contributed by atoms with E-state index in [1.165, 1.54) is 36.4 Å². The third-order valence-electron chi connectivity index (χ3n) is 2.53. The quantitative estimate of drug-likeness (QED) is 0.601. The lowest BCUT2D eigenvalue weighted by atomic mass is 10.3.